The van der Waals surface area contributed by atoms with Crippen molar-refractivity contribution in [3.05, 3.63) is 34.1 Å². The topological polar surface area (TPSA) is 66.4 Å². The van der Waals surface area contributed by atoms with Gasteiger partial charge in [0.15, 0.2) is 5.54 Å². The quantitative estimate of drug-likeness (QED) is 0.657. The van der Waals surface area contributed by atoms with Crippen LogP contribution in [0.5, 0.6) is 0 Å². The largest absolute Gasteiger partial charge is 0.479 e. The number of carboxylic acids is 1. The Morgan fingerprint density at radius 2 is 2.17 bits per heavy atom. The van der Waals surface area contributed by atoms with Crippen LogP contribution >= 0.6 is 27.5 Å². The minimum absolute atomic E-state index is 0.0425. The number of carboxylic acid groups (broad SMARTS) is 1. The Morgan fingerprint density at radius 3 is 2.71 bits per heavy atom. The number of carbonyl (C=O) groups excluding carboxylic acids is 1. The zero-order valence-electron chi connectivity index (χ0n) is 13.5. The standard InChI is InChI=1S/C17H20BrClFNO3/c1-9(2)5-10-6-12(10)17(16(23)24,21-15(22)8-19)13-7-11(18)3-4-14(13)20/h3-4,7,9-10,12H,5-6,8H2,1-2H3,(H,21,22)(H,23,24). The molecule has 0 saturated heterocycles. The van der Waals surface area contributed by atoms with Gasteiger partial charge in [0, 0.05) is 16.0 Å². The predicted octanol–water partition coefficient (Wildman–Crippen LogP) is 3.91. The molecule has 7 heteroatoms. The zero-order valence-corrected chi connectivity index (χ0v) is 15.8. The van der Waals surface area contributed by atoms with E-state index in [4.69, 9.17) is 11.6 Å². The molecule has 0 bridgehead atoms. The average molecular weight is 421 g/mol. The fourth-order valence-electron chi connectivity index (χ4n) is 3.38. The molecule has 1 aromatic rings. The Hall–Kier alpha value is -1.14. The number of benzene rings is 1. The predicted molar refractivity (Wildman–Crippen MR) is 93.3 cm³/mol. The maximum absolute atomic E-state index is 14.5. The van der Waals surface area contributed by atoms with Crippen molar-refractivity contribution < 1.29 is 19.1 Å². The number of halogens is 3. The number of aliphatic carboxylic acids is 1. The highest BCUT2D eigenvalue weighted by Crippen LogP contribution is 2.54. The molecule has 1 amide bonds. The molecule has 1 aliphatic carbocycles. The van der Waals surface area contributed by atoms with E-state index in [-0.39, 0.29) is 23.3 Å². The number of amides is 1. The van der Waals surface area contributed by atoms with E-state index in [1.807, 2.05) is 0 Å². The molecule has 0 aliphatic heterocycles. The molecule has 1 saturated carbocycles. The number of rotatable bonds is 7. The van der Waals surface area contributed by atoms with E-state index >= 15 is 0 Å². The van der Waals surface area contributed by atoms with E-state index in [0.717, 1.165) is 6.42 Å². The van der Waals surface area contributed by atoms with Gasteiger partial charge in [0.2, 0.25) is 5.91 Å². The highest BCUT2D eigenvalue weighted by Gasteiger charge is 2.60. The van der Waals surface area contributed by atoms with Gasteiger partial charge in [-0.3, -0.25) is 4.79 Å². The zero-order chi connectivity index (χ0) is 18.1. The Bertz CT molecular complexity index is 655. The molecular formula is C17H20BrClFNO3. The van der Waals surface area contributed by atoms with Gasteiger partial charge in [-0.1, -0.05) is 29.8 Å². The van der Waals surface area contributed by atoms with Gasteiger partial charge in [-0.25, -0.2) is 9.18 Å². The van der Waals surface area contributed by atoms with Gasteiger partial charge in [-0.2, -0.15) is 0 Å². The molecule has 24 heavy (non-hydrogen) atoms. The second-order valence-electron chi connectivity index (χ2n) is 6.65. The van der Waals surface area contributed by atoms with Crippen molar-refractivity contribution in [2.75, 3.05) is 5.88 Å². The van der Waals surface area contributed by atoms with Gasteiger partial charge in [-0.05, 0) is 42.9 Å². The second-order valence-corrected chi connectivity index (χ2v) is 7.83. The van der Waals surface area contributed by atoms with Gasteiger partial charge in [0.25, 0.3) is 0 Å². The smallest absolute Gasteiger partial charge is 0.334 e. The molecule has 4 nitrogen and oxygen atoms in total. The lowest BCUT2D eigenvalue weighted by atomic mass is 9.82. The minimum Gasteiger partial charge on any atom is -0.479 e. The van der Waals surface area contributed by atoms with E-state index in [2.05, 4.69) is 35.1 Å². The van der Waals surface area contributed by atoms with Crippen LogP contribution in [0, 0.1) is 23.6 Å². The summed E-state index contributed by atoms with van der Waals surface area (Å²) in [5.41, 5.74) is -1.85. The SMILES string of the molecule is CC(C)CC1CC1C(NC(=O)CCl)(C(=O)O)c1cc(Br)ccc1F. The first-order chi connectivity index (χ1) is 11.2. The van der Waals surface area contributed by atoms with E-state index in [0.29, 0.717) is 16.8 Å². The molecular weight excluding hydrogens is 401 g/mol. The number of nitrogens with one attached hydrogen (secondary N) is 1. The lowest BCUT2D eigenvalue weighted by molar-refractivity contribution is -0.149. The maximum atomic E-state index is 14.5. The van der Waals surface area contributed by atoms with Crippen LogP contribution < -0.4 is 5.32 Å². The first-order valence-electron chi connectivity index (χ1n) is 7.78. The molecule has 1 fully saturated rings. The molecule has 1 aliphatic rings. The number of hydrogen-bond donors (Lipinski definition) is 2. The summed E-state index contributed by atoms with van der Waals surface area (Å²) in [5, 5.41) is 12.5. The first kappa shape index (κ1) is 19.2. The molecule has 2 rings (SSSR count). The molecule has 3 unspecified atom stereocenters. The molecule has 0 radical (unpaired) electrons. The fraction of sp³-hybridized carbons (Fsp3) is 0.529. The third kappa shape index (κ3) is 3.75. The summed E-state index contributed by atoms with van der Waals surface area (Å²) in [4.78, 5) is 24.1. The third-order valence-electron chi connectivity index (χ3n) is 4.40. The van der Waals surface area contributed by atoms with Crippen molar-refractivity contribution in [1.29, 1.82) is 0 Å². The summed E-state index contributed by atoms with van der Waals surface area (Å²) < 4.78 is 15.0. The van der Waals surface area contributed by atoms with Crippen molar-refractivity contribution in [3.8, 4) is 0 Å². The lowest BCUT2D eigenvalue weighted by Crippen LogP contribution is -2.55. The lowest BCUT2D eigenvalue weighted by Gasteiger charge is -2.32. The second kappa shape index (κ2) is 7.40. The normalized spacial score (nSPS) is 22.1. The fourth-order valence-corrected chi connectivity index (χ4v) is 3.81. The highest BCUT2D eigenvalue weighted by molar-refractivity contribution is 9.10. The number of alkyl halides is 1. The summed E-state index contributed by atoms with van der Waals surface area (Å²) in [6.07, 6.45) is 1.45. The Morgan fingerprint density at radius 1 is 1.50 bits per heavy atom. The van der Waals surface area contributed by atoms with Gasteiger partial charge >= 0.3 is 5.97 Å². The van der Waals surface area contributed by atoms with Crippen LogP contribution in [0.3, 0.4) is 0 Å². The summed E-state index contributed by atoms with van der Waals surface area (Å²) in [7, 11) is 0. The maximum Gasteiger partial charge on any atom is 0.334 e. The summed E-state index contributed by atoms with van der Waals surface area (Å²) in [6, 6.07) is 4.11. The van der Waals surface area contributed by atoms with Crippen LogP contribution in [0.2, 0.25) is 0 Å². The molecule has 132 valence electrons. The number of carbonyl (C=O) groups is 2. The van der Waals surface area contributed by atoms with Crippen molar-refractivity contribution >= 4 is 39.4 Å². The average Bonchev–Trinajstić information content (AvgIpc) is 3.25. The van der Waals surface area contributed by atoms with Gasteiger partial charge < -0.3 is 10.4 Å². The van der Waals surface area contributed by atoms with Gasteiger partial charge in [-0.15, -0.1) is 11.6 Å². The van der Waals surface area contributed by atoms with Crippen molar-refractivity contribution in [1.82, 2.24) is 5.32 Å². The van der Waals surface area contributed by atoms with Crippen LogP contribution in [-0.2, 0) is 15.1 Å². The van der Waals surface area contributed by atoms with E-state index in [1.165, 1.54) is 18.2 Å². The van der Waals surface area contributed by atoms with Crippen LogP contribution in [0.25, 0.3) is 0 Å². The van der Waals surface area contributed by atoms with Crippen molar-refractivity contribution in [2.45, 2.75) is 32.2 Å². The van der Waals surface area contributed by atoms with Gasteiger partial charge in [0.05, 0.1) is 0 Å². The Balaban J connectivity index is 2.53. The van der Waals surface area contributed by atoms with Gasteiger partial charge in [0.1, 0.15) is 11.7 Å². The van der Waals surface area contributed by atoms with Crippen molar-refractivity contribution in [3.63, 3.8) is 0 Å². The third-order valence-corrected chi connectivity index (χ3v) is 5.14. The molecule has 1 aromatic carbocycles. The number of hydrogen-bond acceptors (Lipinski definition) is 2. The summed E-state index contributed by atoms with van der Waals surface area (Å²) >= 11 is 8.81. The Labute approximate surface area is 153 Å². The molecule has 0 heterocycles. The molecule has 2 N–H and O–H groups in total. The molecule has 3 atom stereocenters. The van der Waals surface area contributed by atoms with E-state index < -0.39 is 23.2 Å². The van der Waals surface area contributed by atoms with Crippen LogP contribution in [0.15, 0.2) is 22.7 Å². The summed E-state index contributed by atoms with van der Waals surface area (Å²) in [6.45, 7) is 4.10. The molecule has 0 spiro atoms. The monoisotopic (exact) mass is 419 g/mol. The van der Waals surface area contributed by atoms with E-state index in [1.54, 1.807) is 0 Å². The van der Waals surface area contributed by atoms with Crippen molar-refractivity contribution in [2.24, 2.45) is 17.8 Å². The minimum atomic E-state index is -1.81. The van der Waals surface area contributed by atoms with Crippen LogP contribution in [0.4, 0.5) is 4.39 Å². The summed E-state index contributed by atoms with van der Waals surface area (Å²) in [5.74, 6) is -2.80. The van der Waals surface area contributed by atoms with Crippen LogP contribution in [0.1, 0.15) is 32.3 Å². The van der Waals surface area contributed by atoms with Crippen LogP contribution in [-0.4, -0.2) is 22.9 Å². The Kier molecular flexibility index (Phi) is 5.91. The van der Waals surface area contributed by atoms with E-state index in [9.17, 15) is 19.1 Å². The highest BCUT2D eigenvalue weighted by atomic mass is 79.9. The molecule has 0 aromatic heterocycles. The first-order valence-corrected chi connectivity index (χ1v) is 9.11.